The smallest absolute Gasteiger partial charge is 0.258 e. The molecule has 84 valence electrons. The minimum Gasteiger partial charge on any atom is -0.369 e. The van der Waals surface area contributed by atoms with Gasteiger partial charge in [-0.2, -0.15) is 0 Å². The van der Waals surface area contributed by atoms with Gasteiger partial charge in [-0.3, -0.25) is 19.7 Å². The number of imide groups is 1. The molecular weight excluding hydrogens is 220 g/mol. The summed E-state index contributed by atoms with van der Waals surface area (Å²) in [5.74, 6) is 3.94. The highest BCUT2D eigenvalue weighted by Crippen LogP contribution is 2.16. The molecule has 17 heavy (non-hydrogen) atoms. The van der Waals surface area contributed by atoms with Gasteiger partial charge in [0, 0.05) is 5.56 Å². The Kier molecular flexibility index (Phi) is 2.63. The number of primary amides is 1. The highest BCUT2D eigenvalue weighted by Gasteiger charge is 2.26. The van der Waals surface area contributed by atoms with Crippen molar-refractivity contribution in [3.05, 3.63) is 34.9 Å². The van der Waals surface area contributed by atoms with Crippen LogP contribution in [0.15, 0.2) is 18.2 Å². The van der Waals surface area contributed by atoms with Gasteiger partial charge in [0.1, 0.15) is 0 Å². The molecule has 5 heteroatoms. The maximum absolute atomic E-state index is 11.4. The van der Waals surface area contributed by atoms with Crippen molar-refractivity contribution < 1.29 is 14.4 Å². The third kappa shape index (κ3) is 2.16. The molecule has 2 rings (SSSR count). The monoisotopic (exact) mass is 228 g/mol. The average Bonchev–Trinajstić information content (AvgIpc) is 2.54. The zero-order chi connectivity index (χ0) is 12.4. The van der Waals surface area contributed by atoms with Crippen molar-refractivity contribution in [3.63, 3.8) is 0 Å². The van der Waals surface area contributed by atoms with Gasteiger partial charge in [0.2, 0.25) is 5.91 Å². The van der Waals surface area contributed by atoms with E-state index in [9.17, 15) is 14.4 Å². The summed E-state index contributed by atoms with van der Waals surface area (Å²) in [6, 6.07) is 4.67. The van der Waals surface area contributed by atoms with Gasteiger partial charge in [-0.25, -0.2) is 0 Å². The second kappa shape index (κ2) is 4.10. The number of nitrogens with two attached hydrogens (primary N) is 1. The van der Waals surface area contributed by atoms with Crippen LogP contribution < -0.4 is 11.1 Å². The highest BCUT2D eigenvalue weighted by atomic mass is 16.2. The van der Waals surface area contributed by atoms with Gasteiger partial charge >= 0.3 is 0 Å². The van der Waals surface area contributed by atoms with Crippen LogP contribution in [0, 0.1) is 11.8 Å². The second-order valence-corrected chi connectivity index (χ2v) is 3.49. The number of fused-ring (bicyclic) bond motifs is 1. The van der Waals surface area contributed by atoms with Crippen molar-refractivity contribution in [1.82, 2.24) is 5.32 Å². The molecule has 0 unspecified atom stereocenters. The van der Waals surface area contributed by atoms with E-state index in [0.717, 1.165) is 0 Å². The van der Waals surface area contributed by atoms with E-state index >= 15 is 0 Å². The summed E-state index contributed by atoms with van der Waals surface area (Å²) < 4.78 is 0. The lowest BCUT2D eigenvalue weighted by atomic mass is 10.1. The van der Waals surface area contributed by atoms with Crippen LogP contribution in [0.5, 0.6) is 0 Å². The molecule has 0 fully saturated rings. The van der Waals surface area contributed by atoms with Gasteiger partial charge in [-0.15, -0.1) is 0 Å². The first-order valence-corrected chi connectivity index (χ1v) is 4.85. The molecule has 1 aliphatic rings. The number of amides is 3. The van der Waals surface area contributed by atoms with Crippen LogP contribution in [0.1, 0.15) is 32.7 Å². The molecule has 3 amide bonds. The lowest BCUT2D eigenvalue weighted by Gasteiger charge is -1.94. The average molecular weight is 228 g/mol. The Morgan fingerprint density at radius 3 is 2.65 bits per heavy atom. The molecule has 1 aliphatic heterocycles. The molecule has 0 atom stereocenters. The van der Waals surface area contributed by atoms with Crippen LogP contribution in [0.25, 0.3) is 0 Å². The number of hydrogen-bond donors (Lipinski definition) is 2. The van der Waals surface area contributed by atoms with Crippen LogP contribution in [0.4, 0.5) is 0 Å². The predicted molar refractivity (Wildman–Crippen MR) is 58.9 cm³/mol. The first kappa shape index (κ1) is 10.9. The lowest BCUT2D eigenvalue weighted by molar-refractivity contribution is -0.117. The van der Waals surface area contributed by atoms with Crippen LogP contribution in [-0.4, -0.2) is 17.7 Å². The molecule has 0 bridgehead atoms. The summed E-state index contributed by atoms with van der Waals surface area (Å²) >= 11 is 0. The van der Waals surface area contributed by atoms with Gasteiger partial charge in [0.05, 0.1) is 17.5 Å². The highest BCUT2D eigenvalue weighted by molar-refractivity contribution is 6.21. The number of nitrogens with one attached hydrogen (secondary N) is 1. The van der Waals surface area contributed by atoms with E-state index in [1.807, 2.05) is 0 Å². The Bertz CT molecular complexity index is 594. The molecule has 0 aliphatic carbocycles. The van der Waals surface area contributed by atoms with Crippen LogP contribution >= 0.6 is 0 Å². The fraction of sp³-hybridized carbons (Fsp3) is 0.0833. The number of benzene rings is 1. The van der Waals surface area contributed by atoms with E-state index in [0.29, 0.717) is 16.7 Å². The zero-order valence-corrected chi connectivity index (χ0v) is 8.74. The summed E-state index contributed by atoms with van der Waals surface area (Å²) in [6.07, 6.45) is -0.0395. The van der Waals surface area contributed by atoms with E-state index in [-0.39, 0.29) is 6.42 Å². The minimum atomic E-state index is -0.508. The zero-order valence-electron chi connectivity index (χ0n) is 8.74. The summed E-state index contributed by atoms with van der Waals surface area (Å²) in [7, 11) is 0. The minimum absolute atomic E-state index is 0.0395. The SMILES string of the molecule is NC(=O)CC#Cc1ccc2c(c1)C(=O)NC2=O. The lowest BCUT2D eigenvalue weighted by Crippen LogP contribution is -2.19. The summed E-state index contributed by atoms with van der Waals surface area (Å²) in [5, 5.41) is 2.18. The summed E-state index contributed by atoms with van der Waals surface area (Å²) in [5.41, 5.74) is 6.15. The van der Waals surface area contributed by atoms with Crippen molar-refractivity contribution in [2.75, 3.05) is 0 Å². The van der Waals surface area contributed by atoms with Gasteiger partial charge < -0.3 is 5.73 Å². The predicted octanol–water partition coefficient (Wildman–Crippen LogP) is -0.203. The standard InChI is InChI=1S/C12H8N2O3/c13-10(15)3-1-2-7-4-5-8-9(6-7)12(17)14-11(8)16/h4-6H,3H2,(H2,13,15)(H,14,16,17). The largest absolute Gasteiger partial charge is 0.369 e. The Morgan fingerprint density at radius 2 is 1.94 bits per heavy atom. The van der Waals surface area contributed by atoms with Gasteiger partial charge in [-0.1, -0.05) is 11.8 Å². The molecule has 0 spiro atoms. The van der Waals surface area contributed by atoms with Gasteiger partial charge in [0.15, 0.2) is 0 Å². The van der Waals surface area contributed by atoms with Crippen LogP contribution in [-0.2, 0) is 4.79 Å². The molecule has 5 nitrogen and oxygen atoms in total. The third-order valence-electron chi connectivity index (χ3n) is 2.23. The van der Waals surface area contributed by atoms with Crippen molar-refractivity contribution in [2.45, 2.75) is 6.42 Å². The molecule has 0 aromatic heterocycles. The maximum Gasteiger partial charge on any atom is 0.258 e. The van der Waals surface area contributed by atoms with Crippen LogP contribution in [0.2, 0.25) is 0 Å². The molecule has 0 radical (unpaired) electrons. The van der Waals surface area contributed by atoms with E-state index in [1.165, 1.54) is 12.1 Å². The molecular formula is C12H8N2O3. The van der Waals surface area contributed by atoms with Crippen molar-refractivity contribution in [2.24, 2.45) is 5.73 Å². The molecule has 0 saturated heterocycles. The first-order chi connectivity index (χ1) is 8.08. The Labute approximate surface area is 97.0 Å². The van der Waals surface area contributed by atoms with Gasteiger partial charge in [0.25, 0.3) is 11.8 Å². The quantitative estimate of drug-likeness (QED) is 0.515. The van der Waals surface area contributed by atoms with E-state index in [1.54, 1.807) is 6.07 Å². The number of rotatable bonds is 1. The van der Waals surface area contributed by atoms with Crippen molar-refractivity contribution in [1.29, 1.82) is 0 Å². The second-order valence-electron chi connectivity index (χ2n) is 3.49. The molecule has 1 heterocycles. The normalized spacial score (nSPS) is 12.5. The number of hydrogen-bond acceptors (Lipinski definition) is 3. The van der Waals surface area contributed by atoms with Crippen LogP contribution in [0.3, 0.4) is 0 Å². The van der Waals surface area contributed by atoms with Crippen molar-refractivity contribution >= 4 is 17.7 Å². The van der Waals surface area contributed by atoms with Crippen molar-refractivity contribution in [3.8, 4) is 11.8 Å². The molecule has 1 aromatic carbocycles. The first-order valence-electron chi connectivity index (χ1n) is 4.85. The summed E-state index contributed by atoms with van der Waals surface area (Å²) in [6.45, 7) is 0. The van der Waals surface area contributed by atoms with E-state index < -0.39 is 17.7 Å². The van der Waals surface area contributed by atoms with E-state index in [2.05, 4.69) is 17.2 Å². The summed E-state index contributed by atoms with van der Waals surface area (Å²) in [4.78, 5) is 33.1. The molecule has 0 saturated carbocycles. The molecule has 1 aromatic rings. The van der Waals surface area contributed by atoms with Gasteiger partial charge in [-0.05, 0) is 18.2 Å². The Balaban J connectivity index is 2.31. The Morgan fingerprint density at radius 1 is 1.24 bits per heavy atom. The fourth-order valence-electron chi connectivity index (χ4n) is 1.48. The molecule has 3 N–H and O–H groups in total. The van der Waals surface area contributed by atoms with E-state index in [4.69, 9.17) is 5.73 Å². The number of carbonyl (C=O) groups is 3. The maximum atomic E-state index is 11.4. The third-order valence-corrected chi connectivity index (χ3v) is 2.23. The number of carbonyl (C=O) groups excluding carboxylic acids is 3. The topological polar surface area (TPSA) is 89.3 Å². The Hall–Kier alpha value is -2.61. The fourth-order valence-corrected chi connectivity index (χ4v) is 1.48.